The zero-order valence-electron chi connectivity index (χ0n) is 13.5. The van der Waals surface area contributed by atoms with Gasteiger partial charge in [-0.2, -0.15) is 0 Å². The molecule has 21 heavy (non-hydrogen) atoms. The molecule has 2 rings (SSSR count). The van der Waals surface area contributed by atoms with Gasteiger partial charge in [0.2, 0.25) is 0 Å². The predicted molar refractivity (Wildman–Crippen MR) is 90.2 cm³/mol. The van der Waals surface area contributed by atoms with Gasteiger partial charge in [0.1, 0.15) is 5.75 Å². The van der Waals surface area contributed by atoms with Gasteiger partial charge >= 0.3 is 0 Å². The van der Waals surface area contributed by atoms with Crippen LogP contribution in [0.2, 0.25) is 5.02 Å². The van der Waals surface area contributed by atoms with Crippen molar-refractivity contribution in [3.8, 4) is 5.75 Å². The van der Waals surface area contributed by atoms with Gasteiger partial charge in [-0.15, -0.1) is 0 Å². The summed E-state index contributed by atoms with van der Waals surface area (Å²) in [5.41, 5.74) is 1.21. The van der Waals surface area contributed by atoms with Crippen molar-refractivity contribution in [3.63, 3.8) is 0 Å². The van der Waals surface area contributed by atoms with Gasteiger partial charge < -0.3 is 10.1 Å². The normalized spacial score (nSPS) is 23.8. The lowest BCUT2D eigenvalue weighted by molar-refractivity contribution is 0.130. The molecular weight excluding hydrogens is 282 g/mol. The van der Waals surface area contributed by atoms with E-state index < -0.39 is 0 Å². The van der Waals surface area contributed by atoms with Crippen molar-refractivity contribution < 1.29 is 4.74 Å². The summed E-state index contributed by atoms with van der Waals surface area (Å²) in [4.78, 5) is 0. The van der Waals surface area contributed by atoms with Crippen LogP contribution >= 0.6 is 11.6 Å². The molecule has 1 atom stereocenters. The molecule has 118 valence electrons. The van der Waals surface area contributed by atoms with E-state index >= 15 is 0 Å². The maximum atomic E-state index is 6.40. The summed E-state index contributed by atoms with van der Waals surface area (Å²) in [5, 5.41) is 4.13. The molecule has 3 heteroatoms. The summed E-state index contributed by atoms with van der Waals surface area (Å²) in [5.74, 6) is 1.73. The Morgan fingerprint density at radius 2 is 1.95 bits per heavy atom. The van der Waals surface area contributed by atoms with Crippen molar-refractivity contribution in [1.29, 1.82) is 0 Å². The Morgan fingerprint density at radius 3 is 2.52 bits per heavy atom. The maximum absolute atomic E-state index is 6.40. The zero-order chi connectivity index (χ0) is 15.2. The van der Waals surface area contributed by atoms with Crippen molar-refractivity contribution >= 4 is 11.6 Å². The molecule has 1 aromatic carbocycles. The van der Waals surface area contributed by atoms with Crippen LogP contribution in [0.5, 0.6) is 5.75 Å². The van der Waals surface area contributed by atoms with Crippen LogP contribution in [0.4, 0.5) is 0 Å². The highest BCUT2D eigenvalue weighted by Crippen LogP contribution is 2.33. The van der Waals surface area contributed by atoms with Crippen molar-refractivity contribution in [2.45, 2.75) is 65.0 Å². The minimum absolute atomic E-state index is 0.321. The third kappa shape index (κ3) is 4.62. The van der Waals surface area contributed by atoms with Gasteiger partial charge in [-0.3, -0.25) is 0 Å². The fourth-order valence-corrected chi connectivity index (χ4v) is 3.38. The quantitative estimate of drug-likeness (QED) is 0.764. The second-order valence-electron chi connectivity index (χ2n) is 6.14. The first kappa shape index (κ1) is 16.6. The minimum Gasteiger partial charge on any atom is -0.489 e. The Balaban J connectivity index is 1.95. The van der Waals surface area contributed by atoms with E-state index in [9.17, 15) is 0 Å². The first-order chi connectivity index (χ1) is 10.1. The van der Waals surface area contributed by atoms with Crippen LogP contribution in [0.1, 0.15) is 64.5 Å². The van der Waals surface area contributed by atoms with Crippen molar-refractivity contribution in [1.82, 2.24) is 5.32 Å². The van der Waals surface area contributed by atoms with Gasteiger partial charge in [-0.05, 0) is 62.8 Å². The highest BCUT2D eigenvalue weighted by molar-refractivity contribution is 6.32. The summed E-state index contributed by atoms with van der Waals surface area (Å²) in [6, 6.07) is 6.49. The SMILES string of the molecule is CCNC(C)c1ccc(OC2CCC(CC)CC2)c(Cl)c1. The molecule has 2 nitrogen and oxygen atoms in total. The first-order valence-corrected chi connectivity index (χ1v) is 8.71. The second-order valence-corrected chi connectivity index (χ2v) is 6.55. The third-order valence-electron chi connectivity index (χ3n) is 4.63. The molecule has 0 aromatic heterocycles. The second kappa shape index (κ2) is 8.05. The van der Waals surface area contributed by atoms with Crippen LogP contribution in [0.25, 0.3) is 0 Å². The fourth-order valence-electron chi connectivity index (χ4n) is 3.14. The van der Waals surface area contributed by atoms with Gasteiger partial charge in [-0.25, -0.2) is 0 Å². The summed E-state index contributed by atoms with van der Waals surface area (Å²) in [6.07, 6.45) is 6.52. The van der Waals surface area contributed by atoms with Gasteiger partial charge in [0, 0.05) is 6.04 Å². The summed E-state index contributed by atoms with van der Waals surface area (Å²) in [6.45, 7) is 7.51. The molecule has 0 bridgehead atoms. The Morgan fingerprint density at radius 1 is 1.24 bits per heavy atom. The zero-order valence-corrected chi connectivity index (χ0v) is 14.2. The van der Waals surface area contributed by atoms with Crippen molar-refractivity contribution in [2.24, 2.45) is 5.92 Å². The van der Waals surface area contributed by atoms with Crippen LogP contribution in [0.3, 0.4) is 0 Å². The van der Waals surface area contributed by atoms with E-state index in [-0.39, 0.29) is 0 Å². The summed E-state index contributed by atoms with van der Waals surface area (Å²) < 4.78 is 6.12. The largest absolute Gasteiger partial charge is 0.489 e. The fraction of sp³-hybridized carbons (Fsp3) is 0.667. The number of benzene rings is 1. The molecule has 1 saturated carbocycles. The molecule has 1 fully saturated rings. The Labute approximate surface area is 134 Å². The Bertz CT molecular complexity index is 441. The number of hydrogen-bond acceptors (Lipinski definition) is 2. The summed E-state index contributed by atoms with van der Waals surface area (Å²) >= 11 is 6.40. The number of halogens is 1. The predicted octanol–water partition coefficient (Wildman–Crippen LogP) is 5.36. The maximum Gasteiger partial charge on any atom is 0.138 e. The number of ether oxygens (including phenoxy) is 1. The molecule has 1 N–H and O–H groups in total. The molecule has 1 aromatic rings. The van der Waals surface area contributed by atoms with E-state index in [1.807, 2.05) is 12.1 Å². The summed E-state index contributed by atoms with van der Waals surface area (Å²) in [7, 11) is 0. The van der Waals surface area contributed by atoms with E-state index in [1.54, 1.807) is 0 Å². The first-order valence-electron chi connectivity index (χ1n) is 8.33. The molecule has 1 aliphatic rings. The molecule has 0 heterocycles. The van der Waals surface area contributed by atoms with Crippen LogP contribution < -0.4 is 10.1 Å². The van der Waals surface area contributed by atoms with Crippen LogP contribution in [0.15, 0.2) is 18.2 Å². The van der Waals surface area contributed by atoms with Gasteiger partial charge in [0.15, 0.2) is 0 Å². The smallest absolute Gasteiger partial charge is 0.138 e. The lowest BCUT2D eigenvalue weighted by Gasteiger charge is -2.28. The van der Waals surface area contributed by atoms with Crippen LogP contribution in [0, 0.1) is 5.92 Å². The van der Waals surface area contributed by atoms with Crippen molar-refractivity contribution in [2.75, 3.05) is 6.54 Å². The Kier molecular flexibility index (Phi) is 6.38. The topological polar surface area (TPSA) is 21.3 Å². The molecule has 0 radical (unpaired) electrons. The number of hydrogen-bond donors (Lipinski definition) is 1. The van der Waals surface area contributed by atoms with E-state index in [2.05, 4.69) is 32.2 Å². The molecule has 0 spiro atoms. The van der Waals surface area contributed by atoms with E-state index in [1.165, 1.54) is 24.8 Å². The van der Waals surface area contributed by atoms with Crippen LogP contribution in [-0.2, 0) is 0 Å². The van der Waals surface area contributed by atoms with E-state index in [4.69, 9.17) is 16.3 Å². The molecule has 0 aliphatic heterocycles. The van der Waals surface area contributed by atoms with Gasteiger partial charge in [0.05, 0.1) is 11.1 Å². The Hall–Kier alpha value is -0.730. The molecule has 0 saturated heterocycles. The minimum atomic E-state index is 0.321. The highest BCUT2D eigenvalue weighted by atomic mass is 35.5. The third-order valence-corrected chi connectivity index (χ3v) is 4.93. The molecule has 1 unspecified atom stereocenters. The standard InChI is InChI=1S/C18H28ClNO/c1-4-14-6-9-16(10-7-14)21-18-11-8-15(12-17(18)19)13(3)20-5-2/h8,11-14,16,20H,4-7,9-10H2,1-3H3. The average molecular weight is 310 g/mol. The number of rotatable bonds is 6. The molecule has 1 aliphatic carbocycles. The van der Waals surface area contributed by atoms with Crippen molar-refractivity contribution in [3.05, 3.63) is 28.8 Å². The van der Waals surface area contributed by atoms with Crippen LogP contribution in [-0.4, -0.2) is 12.6 Å². The molecular formula is C18H28ClNO. The number of nitrogens with one attached hydrogen (secondary N) is 1. The highest BCUT2D eigenvalue weighted by Gasteiger charge is 2.22. The van der Waals surface area contributed by atoms with Gasteiger partial charge in [-0.1, -0.05) is 37.9 Å². The molecule has 0 amide bonds. The monoisotopic (exact) mass is 309 g/mol. The average Bonchev–Trinajstić information content (AvgIpc) is 2.50. The van der Waals surface area contributed by atoms with E-state index in [0.717, 1.165) is 36.1 Å². The lowest BCUT2D eigenvalue weighted by Crippen LogP contribution is -2.24. The van der Waals surface area contributed by atoms with E-state index in [0.29, 0.717) is 12.1 Å². The van der Waals surface area contributed by atoms with Gasteiger partial charge in [0.25, 0.3) is 0 Å². The lowest BCUT2D eigenvalue weighted by atomic mass is 9.86.